The Morgan fingerprint density at radius 3 is 1.91 bits per heavy atom. The summed E-state index contributed by atoms with van der Waals surface area (Å²) in [5, 5.41) is 0. The number of aryl methyl sites for hydroxylation is 1. The van der Waals surface area contributed by atoms with E-state index in [1.165, 1.54) is 23.8 Å². The first kappa shape index (κ1) is 15.4. The van der Waals surface area contributed by atoms with Crippen molar-refractivity contribution in [3.63, 3.8) is 0 Å². The Balaban J connectivity index is 1.91. The first-order chi connectivity index (χ1) is 11.2. The Morgan fingerprint density at radius 2 is 1.30 bits per heavy atom. The molecule has 0 heterocycles. The van der Waals surface area contributed by atoms with Gasteiger partial charge in [0.15, 0.2) is 0 Å². The topological polar surface area (TPSA) is 0 Å². The van der Waals surface area contributed by atoms with Crippen LogP contribution in [0.25, 0.3) is 22.3 Å². The van der Waals surface area contributed by atoms with E-state index in [1.54, 1.807) is 18.2 Å². The van der Waals surface area contributed by atoms with Crippen molar-refractivity contribution in [3.8, 4) is 22.3 Å². The molecule has 0 saturated carbocycles. The number of hydrogen-bond donors (Lipinski definition) is 0. The molecule has 2 heteroatoms. The van der Waals surface area contributed by atoms with Gasteiger partial charge in [-0.3, -0.25) is 0 Å². The highest BCUT2D eigenvalue weighted by Crippen LogP contribution is 2.28. The summed E-state index contributed by atoms with van der Waals surface area (Å²) in [5.74, 6) is -0.621. The van der Waals surface area contributed by atoms with E-state index in [0.717, 1.165) is 24.0 Å². The fraction of sp³-hybridized carbons (Fsp3) is 0.143. The summed E-state index contributed by atoms with van der Waals surface area (Å²) in [6.07, 6.45) is 2.17. The Hall–Kier alpha value is -2.48. The highest BCUT2D eigenvalue weighted by atomic mass is 19.1. The molecule has 0 fully saturated rings. The lowest BCUT2D eigenvalue weighted by Gasteiger charge is -2.08. The van der Waals surface area contributed by atoms with E-state index in [2.05, 4.69) is 19.1 Å². The molecule has 23 heavy (non-hydrogen) atoms. The first-order valence-electron chi connectivity index (χ1n) is 7.82. The average molecular weight is 308 g/mol. The molecule has 0 amide bonds. The molecule has 3 aromatic carbocycles. The summed E-state index contributed by atoms with van der Waals surface area (Å²) < 4.78 is 27.4. The molecule has 0 aliphatic carbocycles. The Kier molecular flexibility index (Phi) is 4.52. The third kappa shape index (κ3) is 3.48. The summed E-state index contributed by atoms with van der Waals surface area (Å²) in [5.41, 5.74) is 4.29. The van der Waals surface area contributed by atoms with Gasteiger partial charge in [0.05, 0.1) is 0 Å². The average Bonchev–Trinajstić information content (AvgIpc) is 2.57. The molecule has 3 aromatic rings. The maximum Gasteiger partial charge on any atom is 0.131 e. The van der Waals surface area contributed by atoms with E-state index < -0.39 is 0 Å². The predicted octanol–water partition coefficient (Wildman–Crippen LogP) is 6.25. The molecule has 116 valence electrons. The predicted molar refractivity (Wildman–Crippen MR) is 91.2 cm³/mol. The smallest absolute Gasteiger partial charge is 0.131 e. The zero-order valence-corrected chi connectivity index (χ0v) is 13.0. The minimum atomic E-state index is -0.321. The van der Waals surface area contributed by atoms with Crippen molar-refractivity contribution >= 4 is 0 Å². The molecule has 0 radical (unpaired) electrons. The number of rotatable bonds is 4. The van der Waals surface area contributed by atoms with Crippen LogP contribution in [-0.4, -0.2) is 0 Å². The van der Waals surface area contributed by atoms with E-state index in [4.69, 9.17) is 0 Å². The first-order valence-corrected chi connectivity index (χ1v) is 7.82. The summed E-state index contributed by atoms with van der Waals surface area (Å²) in [6, 6.07) is 19.3. The molecule has 3 rings (SSSR count). The van der Waals surface area contributed by atoms with Gasteiger partial charge in [-0.2, -0.15) is 0 Å². The molecule has 0 nitrogen and oxygen atoms in total. The van der Waals surface area contributed by atoms with Crippen molar-refractivity contribution < 1.29 is 8.78 Å². The van der Waals surface area contributed by atoms with Gasteiger partial charge in [-0.15, -0.1) is 0 Å². The fourth-order valence-corrected chi connectivity index (χ4v) is 2.71. The fourth-order valence-electron chi connectivity index (χ4n) is 2.71. The normalized spacial score (nSPS) is 10.7. The lowest BCUT2D eigenvalue weighted by Crippen LogP contribution is -1.88. The lowest BCUT2D eigenvalue weighted by atomic mass is 9.98. The summed E-state index contributed by atoms with van der Waals surface area (Å²) in [4.78, 5) is 0. The van der Waals surface area contributed by atoms with Crippen LogP contribution < -0.4 is 0 Å². The van der Waals surface area contributed by atoms with E-state index in [1.807, 2.05) is 18.2 Å². The molecule has 0 bridgehead atoms. The molecular formula is C21H18F2. The third-order valence-corrected chi connectivity index (χ3v) is 3.95. The highest BCUT2D eigenvalue weighted by Gasteiger charge is 2.07. The van der Waals surface area contributed by atoms with Gasteiger partial charge in [0, 0.05) is 5.56 Å². The van der Waals surface area contributed by atoms with Crippen molar-refractivity contribution in [1.82, 2.24) is 0 Å². The molecule has 0 unspecified atom stereocenters. The largest absolute Gasteiger partial charge is 0.207 e. The second-order valence-electron chi connectivity index (χ2n) is 5.65. The second-order valence-corrected chi connectivity index (χ2v) is 5.65. The molecule has 0 aromatic heterocycles. The van der Waals surface area contributed by atoms with Gasteiger partial charge in [-0.05, 0) is 46.9 Å². The van der Waals surface area contributed by atoms with Crippen LogP contribution in [0.3, 0.4) is 0 Å². The summed E-state index contributed by atoms with van der Waals surface area (Å²) >= 11 is 0. The monoisotopic (exact) mass is 308 g/mol. The summed E-state index contributed by atoms with van der Waals surface area (Å²) in [6.45, 7) is 2.15. The second kappa shape index (κ2) is 6.74. The van der Waals surface area contributed by atoms with E-state index in [0.29, 0.717) is 11.1 Å². The van der Waals surface area contributed by atoms with Crippen molar-refractivity contribution in [1.29, 1.82) is 0 Å². The van der Waals surface area contributed by atoms with E-state index in [-0.39, 0.29) is 11.6 Å². The van der Waals surface area contributed by atoms with Crippen LogP contribution in [0, 0.1) is 11.6 Å². The van der Waals surface area contributed by atoms with Gasteiger partial charge in [0.25, 0.3) is 0 Å². The van der Waals surface area contributed by atoms with Crippen LogP contribution in [0.5, 0.6) is 0 Å². The van der Waals surface area contributed by atoms with Gasteiger partial charge in [-0.25, -0.2) is 8.78 Å². The van der Waals surface area contributed by atoms with E-state index in [9.17, 15) is 8.78 Å². The molecule has 0 N–H and O–H groups in total. The van der Waals surface area contributed by atoms with Crippen molar-refractivity contribution in [2.24, 2.45) is 0 Å². The molecule has 0 atom stereocenters. The maximum absolute atomic E-state index is 14.4. The standard InChI is InChI=1S/C21H18F2/c1-2-3-15-4-6-16(7-5-15)18-10-13-20(21(23)14-18)17-8-11-19(22)12-9-17/h4-14H,2-3H2,1H3. The zero-order valence-electron chi connectivity index (χ0n) is 13.0. The summed E-state index contributed by atoms with van der Waals surface area (Å²) in [7, 11) is 0. The van der Waals surface area contributed by atoms with Crippen molar-refractivity contribution in [2.75, 3.05) is 0 Å². The van der Waals surface area contributed by atoms with Gasteiger partial charge in [0.2, 0.25) is 0 Å². The SMILES string of the molecule is CCCc1ccc(-c2ccc(-c3ccc(F)cc3)c(F)c2)cc1. The lowest BCUT2D eigenvalue weighted by molar-refractivity contribution is 0.626. The Bertz CT molecular complexity index is 787. The molecule has 0 spiro atoms. The minimum Gasteiger partial charge on any atom is -0.207 e. The minimum absolute atomic E-state index is 0.299. The van der Waals surface area contributed by atoms with Crippen LogP contribution in [0.15, 0.2) is 66.7 Å². The van der Waals surface area contributed by atoms with Gasteiger partial charge >= 0.3 is 0 Å². The zero-order chi connectivity index (χ0) is 16.2. The van der Waals surface area contributed by atoms with Gasteiger partial charge in [-0.1, -0.05) is 61.9 Å². The van der Waals surface area contributed by atoms with Crippen molar-refractivity contribution in [2.45, 2.75) is 19.8 Å². The van der Waals surface area contributed by atoms with Gasteiger partial charge in [0.1, 0.15) is 11.6 Å². The number of hydrogen-bond acceptors (Lipinski definition) is 0. The van der Waals surface area contributed by atoms with Crippen LogP contribution in [-0.2, 0) is 6.42 Å². The maximum atomic E-state index is 14.4. The number of halogens is 2. The van der Waals surface area contributed by atoms with Crippen LogP contribution >= 0.6 is 0 Å². The van der Waals surface area contributed by atoms with Crippen LogP contribution in [0.4, 0.5) is 8.78 Å². The molecule has 0 saturated heterocycles. The Morgan fingerprint density at radius 1 is 0.696 bits per heavy atom. The quantitative estimate of drug-likeness (QED) is 0.534. The van der Waals surface area contributed by atoms with E-state index >= 15 is 0 Å². The van der Waals surface area contributed by atoms with Crippen molar-refractivity contribution in [3.05, 3.63) is 83.9 Å². The molecular weight excluding hydrogens is 290 g/mol. The highest BCUT2D eigenvalue weighted by molar-refractivity contribution is 5.71. The van der Waals surface area contributed by atoms with Crippen LogP contribution in [0.2, 0.25) is 0 Å². The molecule has 0 aliphatic heterocycles. The van der Waals surface area contributed by atoms with Gasteiger partial charge < -0.3 is 0 Å². The Labute approximate surface area is 135 Å². The van der Waals surface area contributed by atoms with Crippen LogP contribution in [0.1, 0.15) is 18.9 Å². The third-order valence-electron chi connectivity index (χ3n) is 3.95. The molecule has 0 aliphatic rings. The number of benzene rings is 3.